The Kier molecular flexibility index (Phi) is 5.40. The van der Waals surface area contributed by atoms with Crippen molar-refractivity contribution >= 4 is 45.6 Å². The highest BCUT2D eigenvalue weighted by Crippen LogP contribution is 2.37. The zero-order valence-corrected chi connectivity index (χ0v) is 15.7. The number of hydrogen-bond acceptors (Lipinski definition) is 5. The Morgan fingerprint density at radius 2 is 1.85 bits per heavy atom. The quantitative estimate of drug-likeness (QED) is 0.344. The minimum absolute atomic E-state index is 0.0317. The summed E-state index contributed by atoms with van der Waals surface area (Å²) in [5, 5.41) is 0.458. The van der Waals surface area contributed by atoms with Gasteiger partial charge < -0.3 is 4.42 Å². The van der Waals surface area contributed by atoms with E-state index in [-0.39, 0.29) is 21.7 Å². The minimum atomic E-state index is -4.65. The standard InChI is InChI=1S/C16H7BrClF3N2O2S/c17-11-5-10(7-24)25-14(11)26-15-22-12(6-13(23-15)16(19,20)21)8-1-3-9(18)4-2-8/h1-7H. The number of carbonyl (C=O) groups excluding carboxylic acids is 1. The maximum atomic E-state index is 13.2. The molecule has 1 aromatic carbocycles. The second-order valence-corrected chi connectivity index (χ2v) is 7.16. The molecule has 3 aromatic rings. The third-order valence-electron chi connectivity index (χ3n) is 3.11. The Morgan fingerprint density at radius 3 is 2.42 bits per heavy atom. The van der Waals surface area contributed by atoms with Crippen molar-refractivity contribution in [1.82, 2.24) is 9.97 Å². The van der Waals surface area contributed by atoms with Gasteiger partial charge >= 0.3 is 6.18 Å². The number of aromatic nitrogens is 2. The van der Waals surface area contributed by atoms with Crippen LogP contribution in [0.3, 0.4) is 0 Å². The van der Waals surface area contributed by atoms with Gasteiger partial charge in [0.25, 0.3) is 0 Å². The van der Waals surface area contributed by atoms with E-state index in [1.54, 1.807) is 24.3 Å². The van der Waals surface area contributed by atoms with E-state index in [9.17, 15) is 18.0 Å². The Hall–Kier alpha value is -1.84. The number of rotatable bonds is 4. The summed E-state index contributed by atoms with van der Waals surface area (Å²) in [6.45, 7) is 0. The number of aldehydes is 1. The molecular weight excluding hydrogens is 457 g/mol. The second kappa shape index (κ2) is 7.42. The molecule has 0 fully saturated rings. The van der Waals surface area contributed by atoms with E-state index in [0.29, 0.717) is 21.3 Å². The smallest absolute Gasteiger partial charge is 0.433 e. The van der Waals surface area contributed by atoms with Gasteiger partial charge in [0.05, 0.1) is 10.2 Å². The molecule has 0 saturated heterocycles. The largest absolute Gasteiger partial charge is 0.445 e. The van der Waals surface area contributed by atoms with Crippen LogP contribution < -0.4 is 0 Å². The zero-order valence-electron chi connectivity index (χ0n) is 12.6. The molecule has 0 amide bonds. The summed E-state index contributed by atoms with van der Waals surface area (Å²) in [6.07, 6.45) is -4.16. The molecule has 26 heavy (non-hydrogen) atoms. The molecule has 0 aliphatic rings. The van der Waals surface area contributed by atoms with Gasteiger partial charge in [0.1, 0.15) is 5.69 Å². The highest BCUT2D eigenvalue weighted by Gasteiger charge is 2.34. The van der Waals surface area contributed by atoms with Gasteiger partial charge in [0.2, 0.25) is 0 Å². The maximum absolute atomic E-state index is 13.2. The maximum Gasteiger partial charge on any atom is 0.433 e. The monoisotopic (exact) mass is 462 g/mol. The summed E-state index contributed by atoms with van der Waals surface area (Å²) in [4.78, 5) is 18.5. The van der Waals surface area contributed by atoms with Crippen molar-refractivity contribution in [2.45, 2.75) is 16.4 Å². The fraction of sp³-hybridized carbons (Fsp3) is 0.0625. The van der Waals surface area contributed by atoms with Gasteiger partial charge in [-0.05, 0) is 45.9 Å². The first-order valence-corrected chi connectivity index (χ1v) is 8.89. The van der Waals surface area contributed by atoms with Crippen LogP contribution >= 0.6 is 39.3 Å². The molecule has 2 aromatic heterocycles. The lowest BCUT2D eigenvalue weighted by Gasteiger charge is -2.10. The van der Waals surface area contributed by atoms with E-state index in [2.05, 4.69) is 25.9 Å². The normalized spacial score (nSPS) is 11.6. The molecule has 4 nitrogen and oxygen atoms in total. The van der Waals surface area contributed by atoms with Crippen LogP contribution in [-0.2, 0) is 6.18 Å². The zero-order chi connectivity index (χ0) is 18.9. The number of furan rings is 1. The van der Waals surface area contributed by atoms with Crippen LogP contribution in [-0.4, -0.2) is 16.3 Å². The van der Waals surface area contributed by atoms with E-state index in [1.807, 2.05) is 0 Å². The first kappa shape index (κ1) is 18.9. The van der Waals surface area contributed by atoms with Crippen LogP contribution in [0.4, 0.5) is 13.2 Å². The molecule has 0 bridgehead atoms. The van der Waals surface area contributed by atoms with E-state index in [4.69, 9.17) is 16.0 Å². The topological polar surface area (TPSA) is 56.0 Å². The average Bonchev–Trinajstić information content (AvgIpc) is 2.94. The Bertz CT molecular complexity index is 961. The predicted molar refractivity (Wildman–Crippen MR) is 93.4 cm³/mol. The van der Waals surface area contributed by atoms with Crippen LogP contribution in [0.15, 0.2) is 55.5 Å². The van der Waals surface area contributed by atoms with E-state index in [1.165, 1.54) is 6.07 Å². The fourth-order valence-corrected chi connectivity index (χ4v) is 3.39. The van der Waals surface area contributed by atoms with Crippen molar-refractivity contribution in [3.63, 3.8) is 0 Å². The van der Waals surface area contributed by atoms with Gasteiger partial charge in [-0.15, -0.1) is 0 Å². The molecule has 0 N–H and O–H groups in total. The summed E-state index contributed by atoms with van der Waals surface area (Å²) < 4.78 is 45.3. The van der Waals surface area contributed by atoms with Gasteiger partial charge in [-0.1, -0.05) is 23.7 Å². The summed E-state index contributed by atoms with van der Waals surface area (Å²) in [5.41, 5.74) is -0.542. The van der Waals surface area contributed by atoms with E-state index in [0.717, 1.165) is 17.8 Å². The Balaban J connectivity index is 2.06. The van der Waals surface area contributed by atoms with Crippen molar-refractivity contribution in [3.05, 3.63) is 57.3 Å². The summed E-state index contributed by atoms with van der Waals surface area (Å²) in [6, 6.07) is 8.50. The highest BCUT2D eigenvalue weighted by molar-refractivity contribution is 9.10. The SMILES string of the molecule is O=Cc1cc(Br)c(Sc2nc(-c3ccc(Cl)cc3)cc(C(F)(F)F)n2)o1. The molecule has 0 unspecified atom stereocenters. The lowest BCUT2D eigenvalue weighted by atomic mass is 10.1. The minimum Gasteiger partial charge on any atom is -0.445 e. The van der Waals surface area contributed by atoms with Crippen molar-refractivity contribution < 1.29 is 22.4 Å². The fourth-order valence-electron chi connectivity index (χ4n) is 1.96. The van der Waals surface area contributed by atoms with Crippen molar-refractivity contribution in [1.29, 1.82) is 0 Å². The molecular formula is C16H7BrClF3N2O2S. The Labute approximate surface area is 162 Å². The average molecular weight is 464 g/mol. The van der Waals surface area contributed by atoms with E-state index < -0.39 is 11.9 Å². The number of nitrogens with zero attached hydrogens (tertiary/aromatic N) is 2. The van der Waals surface area contributed by atoms with Crippen LogP contribution in [0.5, 0.6) is 0 Å². The van der Waals surface area contributed by atoms with Crippen LogP contribution in [0.25, 0.3) is 11.3 Å². The van der Waals surface area contributed by atoms with Crippen LogP contribution in [0, 0.1) is 0 Å². The predicted octanol–water partition coefficient (Wildman–Crippen LogP) is 6.14. The molecule has 0 aliphatic heterocycles. The molecule has 0 radical (unpaired) electrons. The van der Waals surface area contributed by atoms with Gasteiger partial charge in [-0.25, -0.2) is 9.97 Å². The number of alkyl halides is 3. The molecule has 0 spiro atoms. The molecule has 2 heterocycles. The van der Waals surface area contributed by atoms with Crippen LogP contribution in [0.1, 0.15) is 16.2 Å². The van der Waals surface area contributed by atoms with Gasteiger partial charge in [-0.3, -0.25) is 4.79 Å². The van der Waals surface area contributed by atoms with Gasteiger partial charge in [0.15, 0.2) is 22.3 Å². The second-order valence-electron chi connectivity index (χ2n) is 4.93. The highest BCUT2D eigenvalue weighted by atomic mass is 79.9. The van der Waals surface area contributed by atoms with Crippen molar-refractivity contribution in [2.75, 3.05) is 0 Å². The lowest BCUT2D eigenvalue weighted by molar-refractivity contribution is -0.141. The number of carbonyl (C=O) groups is 1. The number of hydrogen-bond donors (Lipinski definition) is 0. The van der Waals surface area contributed by atoms with Crippen molar-refractivity contribution in [2.24, 2.45) is 0 Å². The molecule has 3 rings (SSSR count). The number of halogens is 5. The lowest BCUT2D eigenvalue weighted by Crippen LogP contribution is -2.10. The molecule has 0 saturated carbocycles. The summed E-state index contributed by atoms with van der Waals surface area (Å²) in [5.74, 6) is 0.0317. The Morgan fingerprint density at radius 1 is 1.15 bits per heavy atom. The van der Waals surface area contributed by atoms with E-state index >= 15 is 0 Å². The third-order valence-corrected chi connectivity index (χ3v) is 5.07. The summed E-state index contributed by atoms with van der Waals surface area (Å²) >= 11 is 9.76. The number of benzene rings is 1. The third kappa shape index (κ3) is 4.28. The van der Waals surface area contributed by atoms with Crippen molar-refractivity contribution in [3.8, 4) is 11.3 Å². The van der Waals surface area contributed by atoms with Gasteiger partial charge in [0, 0.05) is 16.7 Å². The molecule has 134 valence electrons. The summed E-state index contributed by atoms with van der Waals surface area (Å²) in [7, 11) is 0. The molecule has 0 atom stereocenters. The van der Waals surface area contributed by atoms with Crippen LogP contribution in [0.2, 0.25) is 5.02 Å². The first-order chi connectivity index (χ1) is 12.3. The first-order valence-electron chi connectivity index (χ1n) is 6.91. The molecule has 10 heteroatoms. The molecule has 0 aliphatic carbocycles. The van der Waals surface area contributed by atoms with Gasteiger partial charge in [-0.2, -0.15) is 13.2 Å².